The molecule has 0 bridgehead atoms. The number of amides is 3. The monoisotopic (exact) mass is 419 g/mol. The second-order valence-corrected chi connectivity index (χ2v) is 7.14. The van der Waals surface area contributed by atoms with Crippen LogP contribution in [0.1, 0.15) is 37.0 Å². The van der Waals surface area contributed by atoms with Gasteiger partial charge in [-0.15, -0.1) is 0 Å². The van der Waals surface area contributed by atoms with E-state index in [4.69, 9.17) is 4.42 Å². The van der Waals surface area contributed by atoms with Gasteiger partial charge < -0.3 is 19.5 Å². The fourth-order valence-corrected chi connectivity index (χ4v) is 3.35. The Balaban J connectivity index is 1.41. The number of carbonyl (C=O) groups excluding carboxylic acids is 3. The molecular formula is C22H21N5O4. The number of furan rings is 1. The molecule has 1 fully saturated rings. The first-order valence-corrected chi connectivity index (χ1v) is 9.83. The van der Waals surface area contributed by atoms with Gasteiger partial charge in [-0.25, -0.2) is 4.98 Å². The van der Waals surface area contributed by atoms with E-state index in [1.807, 2.05) is 6.92 Å². The highest BCUT2D eigenvalue weighted by Crippen LogP contribution is 2.20. The topological polar surface area (TPSA) is 109 Å². The summed E-state index contributed by atoms with van der Waals surface area (Å²) in [6.07, 6.45) is 5.86. The van der Waals surface area contributed by atoms with Gasteiger partial charge in [0.15, 0.2) is 5.76 Å². The Bertz CT molecular complexity index is 1090. The van der Waals surface area contributed by atoms with Crippen molar-refractivity contribution in [2.24, 2.45) is 0 Å². The van der Waals surface area contributed by atoms with E-state index < -0.39 is 0 Å². The SMILES string of the molecule is Cc1ccc(C(=O)N2CCN(C(=O)c3cnccn3)CC2)cc1NC(=O)c1ccco1. The molecule has 1 aliphatic heterocycles. The molecule has 9 nitrogen and oxygen atoms in total. The largest absolute Gasteiger partial charge is 0.459 e. The summed E-state index contributed by atoms with van der Waals surface area (Å²) in [5, 5.41) is 2.78. The molecule has 0 radical (unpaired) electrons. The van der Waals surface area contributed by atoms with E-state index in [1.165, 1.54) is 24.9 Å². The highest BCUT2D eigenvalue weighted by atomic mass is 16.3. The lowest BCUT2D eigenvalue weighted by Gasteiger charge is -2.34. The molecule has 9 heteroatoms. The minimum absolute atomic E-state index is 0.153. The summed E-state index contributed by atoms with van der Waals surface area (Å²) >= 11 is 0. The molecule has 3 heterocycles. The van der Waals surface area contributed by atoms with Crippen molar-refractivity contribution in [2.45, 2.75) is 6.92 Å². The van der Waals surface area contributed by atoms with E-state index in [-0.39, 0.29) is 29.2 Å². The van der Waals surface area contributed by atoms with Crippen LogP contribution in [0, 0.1) is 6.92 Å². The van der Waals surface area contributed by atoms with Gasteiger partial charge in [-0.2, -0.15) is 0 Å². The van der Waals surface area contributed by atoms with Crippen LogP contribution in [0.15, 0.2) is 59.6 Å². The number of rotatable bonds is 4. The molecule has 158 valence electrons. The third-order valence-corrected chi connectivity index (χ3v) is 5.11. The Hall–Kier alpha value is -4.01. The highest BCUT2D eigenvalue weighted by molar-refractivity contribution is 6.04. The lowest BCUT2D eigenvalue weighted by molar-refractivity contribution is 0.0532. The summed E-state index contributed by atoms with van der Waals surface area (Å²) in [5.74, 6) is -0.535. The predicted octanol–water partition coefficient (Wildman–Crippen LogP) is 2.23. The van der Waals surface area contributed by atoms with Crippen LogP contribution in [0.5, 0.6) is 0 Å². The maximum absolute atomic E-state index is 13.0. The van der Waals surface area contributed by atoms with Crippen molar-refractivity contribution >= 4 is 23.4 Å². The Morgan fingerprint density at radius 1 is 1.00 bits per heavy atom. The quantitative estimate of drug-likeness (QED) is 0.695. The van der Waals surface area contributed by atoms with Gasteiger partial charge in [0.2, 0.25) is 0 Å². The fourth-order valence-electron chi connectivity index (χ4n) is 3.35. The fraction of sp³-hybridized carbons (Fsp3) is 0.227. The van der Waals surface area contributed by atoms with Crippen LogP contribution in [0.25, 0.3) is 0 Å². The Morgan fingerprint density at radius 2 is 1.74 bits per heavy atom. The number of anilines is 1. The summed E-state index contributed by atoms with van der Waals surface area (Å²) in [5.41, 5.74) is 2.13. The van der Waals surface area contributed by atoms with Crippen molar-refractivity contribution in [3.63, 3.8) is 0 Å². The van der Waals surface area contributed by atoms with Crippen molar-refractivity contribution in [3.8, 4) is 0 Å². The van der Waals surface area contributed by atoms with Gasteiger partial charge in [0.1, 0.15) is 5.69 Å². The molecule has 0 spiro atoms. The molecule has 31 heavy (non-hydrogen) atoms. The highest BCUT2D eigenvalue weighted by Gasteiger charge is 2.26. The number of piperazine rings is 1. The smallest absolute Gasteiger partial charge is 0.291 e. The molecule has 2 aromatic heterocycles. The predicted molar refractivity (Wildman–Crippen MR) is 112 cm³/mol. The number of nitrogens with zero attached hydrogens (tertiary/aromatic N) is 4. The molecule has 1 aliphatic rings. The van der Waals surface area contributed by atoms with E-state index in [0.717, 1.165) is 5.56 Å². The minimum atomic E-state index is -0.381. The van der Waals surface area contributed by atoms with E-state index >= 15 is 0 Å². The normalized spacial score (nSPS) is 13.7. The van der Waals surface area contributed by atoms with Crippen LogP contribution in [-0.2, 0) is 0 Å². The van der Waals surface area contributed by atoms with Crippen LogP contribution < -0.4 is 5.32 Å². The van der Waals surface area contributed by atoms with Crippen molar-refractivity contribution < 1.29 is 18.8 Å². The van der Waals surface area contributed by atoms with Crippen molar-refractivity contribution in [1.29, 1.82) is 0 Å². The third kappa shape index (κ3) is 4.45. The molecule has 0 unspecified atom stereocenters. The van der Waals surface area contributed by atoms with Gasteiger partial charge in [0, 0.05) is 49.8 Å². The molecule has 0 aliphatic carbocycles. The number of hydrogen-bond donors (Lipinski definition) is 1. The van der Waals surface area contributed by atoms with Gasteiger partial charge in [-0.3, -0.25) is 19.4 Å². The van der Waals surface area contributed by atoms with Gasteiger partial charge in [-0.1, -0.05) is 6.07 Å². The summed E-state index contributed by atoms with van der Waals surface area (Å²) in [6, 6.07) is 8.39. The summed E-state index contributed by atoms with van der Waals surface area (Å²) in [6.45, 7) is 3.49. The second-order valence-electron chi connectivity index (χ2n) is 7.14. The number of benzene rings is 1. The molecule has 0 atom stereocenters. The van der Waals surface area contributed by atoms with Crippen LogP contribution >= 0.6 is 0 Å². The van der Waals surface area contributed by atoms with E-state index in [1.54, 1.807) is 40.1 Å². The van der Waals surface area contributed by atoms with Crippen molar-refractivity contribution in [1.82, 2.24) is 19.8 Å². The zero-order valence-corrected chi connectivity index (χ0v) is 16.9. The Morgan fingerprint density at radius 3 is 2.39 bits per heavy atom. The van der Waals surface area contributed by atoms with E-state index in [9.17, 15) is 14.4 Å². The third-order valence-electron chi connectivity index (χ3n) is 5.11. The maximum atomic E-state index is 13.0. The van der Waals surface area contributed by atoms with E-state index in [0.29, 0.717) is 37.4 Å². The minimum Gasteiger partial charge on any atom is -0.459 e. The lowest BCUT2D eigenvalue weighted by Crippen LogP contribution is -2.50. The van der Waals surface area contributed by atoms with Crippen LogP contribution in [0.2, 0.25) is 0 Å². The first-order valence-electron chi connectivity index (χ1n) is 9.83. The molecular weight excluding hydrogens is 398 g/mol. The maximum Gasteiger partial charge on any atom is 0.291 e. The summed E-state index contributed by atoms with van der Waals surface area (Å²) in [7, 11) is 0. The standard InChI is InChI=1S/C22H21N5O4/c1-15-4-5-16(13-17(15)25-20(28)19-3-2-12-31-19)21(29)26-8-10-27(11-9-26)22(30)18-14-23-6-7-24-18/h2-7,12-14H,8-11H2,1H3,(H,25,28). The number of aryl methyl sites for hydroxylation is 1. The first-order chi connectivity index (χ1) is 15.0. The van der Waals surface area contributed by atoms with Crippen LogP contribution in [0.4, 0.5) is 5.69 Å². The average Bonchev–Trinajstić information content (AvgIpc) is 3.35. The van der Waals surface area contributed by atoms with Crippen LogP contribution in [-0.4, -0.2) is 63.7 Å². The molecule has 4 rings (SSSR count). The van der Waals surface area contributed by atoms with E-state index in [2.05, 4.69) is 15.3 Å². The zero-order chi connectivity index (χ0) is 21.8. The summed E-state index contributed by atoms with van der Waals surface area (Å²) < 4.78 is 5.11. The molecule has 3 aromatic rings. The molecule has 1 N–H and O–H groups in total. The van der Waals surface area contributed by atoms with Gasteiger partial charge in [-0.05, 0) is 36.8 Å². The van der Waals surface area contributed by atoms with Gasteiger partial charge in [0.25, 0.3) is 17.7 Å². The molecule has 0 saturated carbocycles. The van der Waals surface area contributed by atoms with Gasteiger partial charge in [0.05, 0.1) is 12.5 Å². The second kappa shape index (κ2) is 8.78. The Labute approximate surface area is 178 Å². The van der Waals surface area contributed by atoms with Gasteiger partial charge >= 0.3 is 0 Å². The first kappa shape index (κ1) is 20.3. The molecule has 3 amide bonds. The van der Waals surface area contributed by atoms with Crippen molar-refractivity contribution in [3.05, 3.63) is 77.8 Å². The number of aromatic nitrogens is 2. The molecule has 1 saturated heterocycles. The molecule has 1 aromatic carbocycles. The zero-order valence-electron chi connectivity index (χ0n) is 16.9. The number of hydrogen-bond acceptors (Lipinski definition) is 6. The van der Waals surface area contributed by atoms with Crippen LogP contribution in [0.3, 0.4) is 0 Å². The van der Waals surface area contributed by atoms with Crippen molar-refractivity contribution in [2.75, 3.05) is 31.5 Å². The number of carbonyl (C=O) groups is 3. The number of nitrogens with one attached hydrogen (secondary N) is 1. The lowest BCUT2D eigenvalue weighted by atomic mass is 10.1. The Kier molecular flexibility index (Phi) is 5.74. The average molecular weight is 419 g/mol. The summed E-state index contributed by atoms with van der Waals surface area (Å²) in [4.78, 5) is 49.1.